The Balaban J connectivity index is 2.09. The minimum absolute atomic E-state index is 0.302. The summed E-state index contributed by atoms with van der Waals surface area (Å²) in [4.78, 5) is 24.9. The highest BCUT2D eigenvalue weighted by molar-refractivity contribution is 7.98. The summed E-state index contributed by atoms with van der Waals surface area (Å²) in [5, 5.41) is 5.43. The van der Waals surface area contributed by atoms with Gasteiger partial charge in [0.15, 0.2) is 0 Å². The number of benzene rings is 2. The van der Waals surface area contributed by atoms with Crippen LogP contribution in [0.3, 0.4) is 0 Å². The lowest BCUT2D eigenvalue weighted by Gasteiger charge is -2.18. The zero-order chi connectivity index (χ0) is 18.2. The smallest absolute Gasteiger partial charge is 0.251 e. The number of carbonyl (C=O) groups excluding carboxylic acids is 2. The minimum atomic E-state index is -0.691. The lowest BCUT2D eigenvalue weighted by atomic mass is 10.1. The van der Waals surface area contributed by atoms with Crippen molar-refractivity contribution in [3.63, 3.8) is 0 Å². The van der Waals surface area contributed by atoms with E-state index < -0.39 is 11.9 Å². The number of anilines is 1. The maximum Gasteiger partial charge on any atom is 0.251 e. The molecule has 1 unspecified atom stereocenters. The van der Waals surface area contributed by atoms with Crippen LogP contribution in [0, 0.1) is 12.7 Å². The topological polar surface area (TPSA) is 58.2 Å². The first-order chi connectivity index (χ1) is 12.0. The van der Waals surface area contributed by atoms with Gasteiger partial charge in [-0.1, -0.05) is 23.8 Å². The van der Waals surface area contributed by atoms with Gasteiger partial charge in [-0.2, -0.15) is 11.8 Å². The third kappa shape index (κ3) is 5.90. The van der Waals surface area contributed by atoms with E-state index >= 15 is 0 Å². The largest absolute Gasteiger partial charge is 0.340 e. The van der Waals surface area contributed by atoms with Crippen molar-refractivity contribution in [3.05, 3.63) is 65.5 Å². The van der Waals surface area contributed by atoms with Crippen LogP contribution in [0.5, 0.6) is 0 Å². The summed E-state index contributed by atoms with van der Waals surface area (Å²) in [6.45, 7) is 1.90. The summed E-state index contributed by atoms with van der Waals surface area (Å²) in [6.07, 6.45) is 2.42. The number of aryl methyl sites for hydroxylation is 1. The third-order valence-electron chi connectivity index (χ3n) is 3.60. The van der Waals surface area contributed by atoms with E-state index in [1.165, 1.54) is 18.2 Å². The maximum absolute atomic E-state index is 13.3. The fraction of sp³-hybridized carbons (Fsp3) is 0.263. The van der Waals surface area contributed by atoms with E-state index in [4.69, 9.17) is 0 Å². The van der Waals surface area contributed by atoms with E-state index in [-0.39, 0.29) is 11.8 Å². The first-order valence-corrected chi connectivity index (χ1v) is 9.32. The number of thioether (sulfide) groups is 1. The minimum Gasteiger partial charge on any atom is -0.340 e. The fourth-order valence-corrected chi connectivity index (χ4v) is 2.80. The molecule has 0 radical (unpaired) electrons. The Morgan fingerprint density at radius 3 is 2.60 bits per heavy atom. The molecule has 0 heterocycles. The standard InChI is InChI=1S/C19H21FN2O2S/c1-13-5-3-6-14(11-13)18(23)22-17(9-10-25-2)19(24)21-16-8-4-7-15(20)12-16/h3-8,11-12,17H,9-10H2,1-2H3,(H,21,24)(H,22,23). The summed E-state index contributed by atoms with van der Waals surface area (Å²) < 4.78 is 13.3. The number of hydrogen-bond donors (Lipinski definition) is 2. The molecule has 2 aromatic carbocycles. The van der Waals surface area contributed by atoms with Crippen LogP contribution >= 0.6 is 11.8 Å². The van der Waals surface area contributed by atoms with Gasteiger partial charge in [0.1, 0.15) is 11.9 Å². The lowest BCUT2D eigenvalue weighted by molar-refractivity contribution is -0.118. The van der Waals surface area contributed by atoms with Crippen LogP contribution in [-0.4, -0.2) is 29.9 Å². The van der Waals surface area contributed by atoms with Crippen LogP contribution in [0.25, 0.3) is 0 Å². The molecule has 2 aromatic rings. The number of carbonyl (C=O) groups is 2. The van der Waals surface area contributed by atoms with Crippen LogP contribution in [0.4, 0.5) is 10.1 Å². The highest BCUT2D eigenvalue weighted by Gasteiger charge is 2.21. The van der Waals surface area contributed by atoms with Crippen molar-refractivity contribution in [2.45, 2.75) is 19.4 Å². The van der Waals surface area contributed by atoms with E-state index in [1.54, 1.807) is 36.0 Å². The first-order valence-electron chi connectivity index (χ1n) is 7.92. The number of halogens is 1. The predicted molar refractivity (Wildman–Crippen MR) is 100 cm³/mol. The molecule has 1 atom stereocenters. The second-order valence-electron chi connectivity index (χ2n) is 5.68. The second-order valence-corrected chi connectivity index (χ2v) is 6.66. The van der Waals surface area contributed by atoms with Crippen molar-refractivity contribution in [2.75, 3.05) is 17.3 Å². The molecule has 0 aliphatic rings. The molecule has 2 rings (SSSR count). The van der Waals surface area contributed by atoms with Gasteiger partial charge in [0.25, 0.3) is 5.91 Å². The van der Waals surface area contributed by atoms with Gasteiger partial charge < -0.3 is 10.6 Å². The Hall–Kier alpha value is -2.34. The molecule has 4 nitrogen and oxygen atoms in total. The number of nitrogens with one attached hydrogen (secondary N) is 2. The Morgan fingerprint density at radius 2 is 1.92 bits per heavy atom. The number of rotatable bonds is 7. The maximum atomic E-state index is 13.3. The number of hydrogen-bond acceptors (Lipinski definition) is 3. The monoisotopic (exact) mass is 360 g/mol. The molecule has 0 aliphatic carbocycles. The SMILES string of the molecule is CSCCC(NC(=O)c1cccc(C)c1)C(=O)Nc1cccc(F)c1. The molecule has 0 spiro atoms. The molecule has 0 bridgehead atoms. The molecule has 0 saturated carbocycles. The van der Waals surface area contributed by atoms with Crippen molar-refractivity contribution in [1.82, 2.24) is 5.32 Å². The van der Waals surface area contributed by atoms with E-state index in [0.29, 0.717) is 17.7 Å². The fourth-order valence-electron chi connectivity index (χ4n) is 2.33. The molecule has 2 N–H and O–H groups in total. The summed E-state index contributed by atoms with van der Waals surface area (Å²) in [5.41, 5.74) is 1.84. The van der Waals surface area contributed by atoms with E-state index in [2.05, 4.69) is 10.6 Å². The van der Waals surface area contributed by atoms with Gasteiger partial charge in [0.05, 0.1) is 0 Å². The summed E-state index contributed by atoms with van der Waals surface area (Å²) >= 11 is 1.59. The van der Waals surface area contributed by atoms with Gasteiger partial charge in [-0.3, -0.25) is 9.59 Å². The van der Waals surface area contributed by atoms with Gasteiger partial charge in [-0.05, 0) is 55.7 Å². The van der Waals surface area contributed by atoms with Crippen LogP contribution in [0.15, 0.2) is 48.5 Å². The lowest BCUT2D eigenvalue weighted by Crippen LogP contribution is -2.44. The van der Waals surface area contributed by atoms with Crippen LogP contribution in [-0.2, 0) is 4.79 Å². The normalized spacial score (nSPS) is 11.6. The molecule has 0 fully saturated rings. The van der Waals surface area contributed by atoms with Gasteiger partial charge in [-0.25, -0.2) is 4.39 Å². The Bertz CT molecular complexity index is 752. The quantitative estimate of drug-likeness (QED) is 0.793. The Morgan fingerprint density at radius 1 is 1.16 bits per heavy atom. The zero-order valence-corrected chi connectivity index (χ0v) is 15.0. The van der Waals surface area contributed by atoms with E-state index in [9.17, 15) is 14.0 Å². The molecular formula is C19H21FN2O2S. The summed E-state index contributed by atoms with van der Waals surface area (Å²) in [7, 11) is 0. The van der Waals surface area contributed by atoms with Crippen molar-refractivity contribution in [2.24, 2.45) is 0 Å². The predicted octanol–water partition coefficient (Wildman–Crippen LogP) is 3.62. The van der Waals surface area contributed by atoms with Crippen LogP contribution < -0.4 is 10.6 Å². The molecule has 6 heteroatoms. The molecule has 0 aromatic heterocycles. The second kappa shape index (κ2) is 9.22. The molecular weight excluding hydrogens is 339 g/mol. The van der Waals surface area contributed by atoms with Gasteiger partial charge in [0.2, 0.25) is 5.91 Å². The molecule has 0 aliphatic heterocycles. The molecule has 25 heavy (non-hydrogen) atoms. The van der Waals surface area contributed by atoms with Crippen molar-refractivity contribution < 1.29 is 14.0 Å². The Kier molecular flexibility index (Phi) is 7.01. The molecule has 2 amide bonds. The van der Waals surface area contributed by atoms with Crippen molar-refractivity contribution >= 4 is 29.3 Å². The first kappa shape index (κ1) is 19.0. The van der Waals surface area contributed by atoms with E-state index in [0.717, 1.165) is 11.3 Å². The van der Waals surface area contributed by atoms with E-state index in [1.807, 2.05) is 19.2 Å². The van der Waals surface area contributed by atoms with Crippen LogP contribution in [0.1, 0.15) is 22.3 Å². The van der Waals surface area contributed by atoms with Gasteiger partial charge in [-0.15, -0.1) is 0 Å². The summed E-state index contributed by atoms with van der Waals surface area (Å²) in [6, 6.07) is 12.2. The highest BCUT2D eigenvalue weighted by atomic mass is 32.2. The van der Waals surface area contributed by atoms with Gasteiger partial charge >= 0.3 is 0 Å². The zero-order valence-electron chi connectivity index (χ0n) is 14.2. The highest BCUT2D eigenvalue weighted by Crippen LogP contribution is 2.12. The average Bonchev–Trinajstić information content (AvgIpc) is 2.58. The average molecular weight is 360 g/mol. The Labute approximate surface area is 151 Å². The number of amides is 2. The molecule has 132 valence electrons. The van der Waals surface area contributed by atoms with Crippen LogP contribution in [0.2, 0.25) is 0 Å². The third-order valence-corrected chi connectivity index (χ3v) is 4.25. The van der Waals surface area contributed by atoms with Crippen molar-refractivity contribution in [1.29, 1.82) is 0 Å². The summed E-state index contributed by atoms with van der Waals surface area (Å²) in [5.74, 6) is -0.373. The molecule has 0 saturated heterocycles. The van der Waals surface area contributed by atoms with Crippen molar-refractivity contribution in [3.8, 4) is 0 Å². The van der Waals surface area contributed by atoms with Gasteiger partial charge in [0, 0.05) is 11.3 Å².